The highest BCUT2D eigenvalue weighted by atomic mass is 16.6. The van der Waals surface area contributed by atoms with Crippen LogP contribution in [-0.2, 0) is 14.3 Å². The molecule has 0 heterocycles. The van der Waals surface area contributed by atoms with E-state index in [9.17, 15) is 9.59 Å². The number of esters is 1. The Bertz CT molecular complexity index is 614. The Kier molecular flexibility index (Phi) is 10.2. The summed E-state index contributed by atoms with van der Waals surface area (Å²) < 4.78 is 11.0. The summed E-state index contributed by atoms with van der Waals surface area (Å²) in [6, 6.07) is 8.40. The molecule has 0 spiro atoms. The monoisotopic (exact) mass is 402 g/mol. The van der Waals surface area contributed by atoms with E-state index in [-0.39, 0.29) is 30.7 Å². The van der Waals surface area contributed by atoms with Crippen molar-refractivity contribution in [1.82, 2.24) is 0 Å². The summed E-state index contributed by atoms with van der Waals surface area (Å²) in [5.41, 5.74) is 1.41. The van der Waals surface area contributed by atoms with Gasteiger partial charge in [0.25, 0.3) is 0 Å². The van der Waals surface area contributed by atoms with Crippen molar-refractivity contribution in [3.63, 3.8) is 0 Å². The lowest BCUT2D eigenvalue weighted by Gasteiger charge is -2.29. The molecule has 1 unspecified atom stereocenters. The molecule has 1 saturated carbocycles. The SMILES string of the molecule is CCCCC[C@H]1CC[C@H](c2ccc(OCC(C)OC(=O)CCC(C)=O)cc2)CC1. The maximum Gasteiger partial charge on any atom is 0.306 e. The normalized spacial score (nSPS) is 20.1. The number of hydrogen-bond acceptors (Lipinski definition) is 4. The van der Waals surface area contributed by atoms with Crippen LogP contribution in [0.15, 0.2) is 24.3 Å². The zero-order valence-corrected chi connectivity index (χ0v) is 18.5. The first-order valence-electron chi connectivity index (χ1n) is 11.4. The number of rotatable bonds is 12. The molecule has 4 heteroatoms. The third kappa shape index (κ3) is 9.01. The number of carbonyl (C=O) groups excluding carboxylic acids is 2. The molecule has 0 aromatic heterocycles. The zero-order valence-electron chi connectivity index (χ0n) is 18.5. The second-order valence-corrected chi connectivity index (χ2v) is 8.60. The first-order chi connectivity index (χ1) is 14.0. The highest BCUT2D eigenvalue weighted by Crippen LogP contribution is 2.38. The lowest BCUT2D eigenvalue weighted by molar-refractivity contribution is -0.150. The van der Waals surface area contributed by atoms with Gasteiger partial charge in [-0.1, -0.05) is 44.7 Å². The lowest BCUT2D eigenvalue weighted by Crippen LogP contribution is -2.22. The van der Waals surface area contributed by atoms with Crippen LogP contribution in [0, 0.1) is 5.92 Å². The van der Waals surface area contributed by atoms with E-state index in [1.165, 1.54) is 63.9 Å². The van der Waals surface area contributed by atoms with Crippen molar-refractivity contribution in [2.75, 3.05) is 6.61 Å². The first-order valence-corrected chi connectivity index (χ1v) is 11.4. The maximum atomic E-state index is 11.7. The molecule has 29 heavy (non-hydrogen) atoms. The van der Waals surface area contributed by atoms with Gasteiger partial charge >= 0.3 is 5.97 Å². The van der Waals surface area contributed by atoms with E-state index in [0.717, 1.165) is 11.7 Å². The van der Waals surface area contributed by atoms with Crippen molar-refractivity contribution < 1.29 is 19.1 Å². The van der Waals surface area contributed by atoms with E-state index in [2.05, 4.69) is 19.1 Å². The van der Waals surface area contributed by atoms with Gasteiger partial charge in [0, 0.05) is 6.42 Å². The fourth-order valence-corrected chi connectivity index (χ4v) is 4.11. The summed E-state index contributed by atoms with van der Waals surface area (Å²) in [5, 5.41) is 0. The van der Waals surface area contributed by atoms with Crippen LogP contribution < -0.4 is 4.74 Å². The van der Waals surface area contributed by atoms with Crippen LogP contribution >= 0.6 is 0 Å². The molecule has 2 rings (SSSR count). The number of Topliss-reactive ketones (excluding diaryl/α,β-unsaturated/α-hetero) is 1. The van der Waals surface area contributed by atoms with E-state index < -0.39 is 0 Å². The van der Waals surface area contributed by atoms with Crippen molar-refractivity contribution in [2.45, 2.75) is 97.0 Å². The molecule has 162 valence electrons. The third-order valence-corrected chi connectivity index (χ3v) is 5.91. The van der Waals surface area contributed by atoms with Crippen molar-refractivity contribution in [1.29, 1.82) is 0 Å². The topological polar surface area (TPSA) is 52.6 Å². The van der Waals surface area contributed by atoms with Crippen LogP contribution in [0.25, 0.3) is 0 Å². The molecule has 1 aromatic rings. The van der Waals surface area contributed by atoms with E-state index in [1.807, 2.05) is 12.1 Å². The van der Waals surface area contributed by atoms with Gasteiger partial charge in [-0.3, -0.25) is 4.79 Å². The number of hydrogen-bond donors (Lipinski definition) is 0. The molecule has 4 nitrogen and oxygen atoms in total. The van der Waals surface area contributed by atoms with Crippen molar-refractivity contribution >= 4 is 11.8 Å². The van der Waals surface area contributed by atoms with E-state index in [1.54, 1.807) is 6.92 Å². The number of carbonyl (C=O) groups is 2. The first kappa shape index (κ1) is 23.4. The highest BCUT2D eigenvalue weighted by Gasteiger charge is 2.22. The molecular weight excluding hydrogens is 364 g/mol. The maximum absolute atomic E-state index is 11.7. The van der Waals surface area contributed by atoms with Gasteiger partial charge in [0.2, 0.25) is 0 Å². The summed E-state index contributed by atoms with van der Waals surface area (Å²) >= 11 is 0. The Morgan fingerprint density at radius 2 is 1.72 bits per heavy atom. The Labute approximate surface area is 176 Å². The molecule has 0 saturated heterocycles. The van der Waals surface area contributed by atoms with Gasteiger partial charge in [0.15, 0.2) is 0 Å². The van der Waals surface area contributed by atoms with E-state index in [4.69, 9.17) is 9.47 Å². The quantitative estimate of drug-likeness (QED) is 0.308. The predicted molar refractivity (Wildman–Crippen MR) is 116 cm³/mol. The third-order valence-electron chi connectivity index (χ3n) is 5.91. The second kappa shape index (κ2) is 12.7. The standard InChI is InChI=1S/C25H38O4/c1-4-5-6-7-21-9-11-22(12-10-21)23-13-15-24(16-14-23)28-18-20(3)29-25(27)17-8-19(2)26/h13-16,20-22H,4-12,17-18H2,1-3H3/t20?,21-,22-. The largest absolute Gasteiger partial charge is 0.490 e. The minimum Gasteiger partial charge on any atom is -0.490 e. The van der Waals surface area contributed by atoms with Crippen LogP contribution in [-0.4, -0.2) is 24.5 Å². The molecule has 0 radical (unpaired) electrons. The van der Waals surface area contributed by atoms with Crippen LogP contribution in [0.4, 0.5) is 0 Å². The van der Waals surface area contributed by atoms with E-state index >= 15 is 0 Å². The number of ether oxygens (including phenoxy) is 2. The molecule has 0 amide bonds. The number of ketones is 1. The Balaban J connectivity index is 1.69. The minimum atomic E-state index is -0.350. The Hall–Kier alpha value is -1.84. The molecule has 0 aliphatic heterocycles. The summed E-state index contributed by atoms with van der Waals surface area (Å²) in [7, 11) is 0. The summed E-state index contributed by atoms with van der Waals surface area (Å²) in [4.78, 5) is 22.6. The van der Waals surface area contributed by atoms with Gasteiger partial charge in [-0.15, -0.1) is 0 Å². The van der Waals surface area contributed by atoms with Gasteiger partial charge in [-0.05, 0) is 69.1 Å². The van der Waals surface area contributed by atoms with E-state index in [0.29, 0.717) is 12.5 Å². The Morgan fingerprint density at radius 3 is 2.34 bits per heavy atom. The molecule has 0 bridgehead atoms. The van der Waals surface area contributed by atoms with Gasteiger partial charge < -0.3 is 14.3 Å². The number of benzene rings is 1. The zero-order chi connectivity index (χ0) is 21.1. The van der Waals surface area contributed by atoms with Crippen molar-refractivity contribution in [2.24, 2.45) is 5.92 Å². The van der Waals surface area contributed by atoms with Crippen LogP contribution in [0.2, 0.25) is 0 Å². The average Bonchev–Trinajstić information content (AvgIpc) is 2.72. The molecule has 1 aliphatic rings. The summed E-state index contributed by atoms with van der Waals surface area (Å²) in [5.74, 6) is 2.05. The van der Waals surface area contributed by atoms with Gasteiger partial charge in [0.05, 0.1) is 6.42 Å². The lowest BCUT2D eigenvalue weighted by atomic mass is 9.77. The molecule has 1 aromatic carbocycles. The fraction of sp³-hybridized carbons (Fsp3) is 0.680. The summed E-state index contributed by atoms with van der Waals surface area (Å²) in [6.07, 6.45) is 10.8. The molecular formula is C25H38O4. The summed E-state index contributed by atoms with van der Waals surface area (Å²) in [6.45, 7) is 5.87. The highest BCUT2D eigenvalue weighted by molar-refractivity contribution is 5.81. The van der Waals surface area contributed by atoms with Crippen LogP contribution in [0.1, 0.15) is 96.5 Å². The number of unbranched alkanes of at least 4 members (excludes halogenated alkanes) is 2. The molecule has 1 fully saturated rings. The van der Waals surface area contributed by atoms with Gasteiger partial charge in [-0.25, -0.2) is 0 Å². The van der Waals surface area contributed by atoms with Gasteiger partial charge in [-0.2, -0.15) is 0 Å². The Morgan fingerprint density at radius 1 is 1.03 bits per heavy atom. The molecule has 0 N–H and O–H groups in total. The fourth-order valence-electron chi connectivity index (χ4n) is 4.11. The average molecular weight is 403 g/mol. The van der Waals surface area contributed by atoms with Gasteiger partial charge in [0.1, 0.15) is 24.2 Å². The smallest absolute Gasteiger partial charge is 0.306 e. The predicted octanol–water partition coefficient (Wildman–Crippen LogP) is 6.22. The van der Waals surface area contributed by atoms with Crippen LogP contribution in [0.5, 0.6) is 5.75 Å². The second-order valence-electron chi connectivity index (χ2n) is 8.60. The van der Waals surface area contributed by atoms with Crippen molar-refractivity contribution in [3.05, 3.63) is 29.8 Å². The molecule has 1 atom stereocenters. The molecule has 1 aliphatic carbocycles. The van der Waals surface area contributed by atoms with Crippen LogP contribution in [0.3, 0.4) is 0 Å². The van der Waals surface area contributed by atoms with Crippen molar-refractivity contribution in [3.8, 4) is 5.75 Å². The minimum absolute atomic E-state index is 0.00378.